The summed E-state index contributed by atoms with van der Waals surface area (Å²) in [4.78, 5) is 11.1. The van der Waals surface area contributed by atoms with Crippen LogP contribution < -0.4 is 10.2 Å². The van der Waals surface area contributed by atoms with Crippen molar-refractivity contribution in [1.82, 2.24) is 15.3 Å². The monoisotopic (exact) mass is 206 g/mol. The molecule has 0 aliphatic carbocycles. The van der Waals surface area contributed by atoms with Gasteiger partial charge in [-0.3, -0.25) is 0 Å². The zero-order valence-corrected chi connectivity index (χ0v) is 8.57. The van der Waals surface area contributed by atoms with E-state index in [2.05, 4.69) is 20.2 Å². The van der Waals surface area contributed by atoms with Crippen LogP contribution in [0.3, 0.4) is 0 Å². The van der Waals surface area contributed by atoms with Crippen LogP contribution in [-0.4, -0.2) is 36.3 Å². The van der Waals surface area contributed by atoms with Gasteiger partial charge in [-0.25, -0.2) is 9.97 Å². The Morgan fingerprint density at radius 2 is 2.13 bits per heavy atom. The number of hydrogen-bond acceptors (Lipinski definition) is 5. The lowest BCUT2D eigenvalue weighted by atomic mass is 10.3. The van der Waals surface area contributed by atoms with Crippen molar-refractivity contribution in [2.75, 3.05) is 31.2 Å². The molecule has 1 aromatic rings. The molecule has 1 N–H and O–H groups in total. The molecule has 0 bridgehead atoms. The molecular weight excluding hydrogens is 192 g/mol. The van der Waals surface area contributed by atoms with Crippen LogP contribution in [-0.2, 0) is 17.8 Å². The third-order valence-corrected chi connectivity index (χ3v) is 2.84. The normalized spacial score (nSPS) is 20.4. The van der Waals surface area contributed by atoms with E-state index in [4.69, 9.17) is 4.74 Å². The molecule has 1 saturated heterocycles. The average Bonchev–Trinajstić information content (AvgIpc) is 2.77. The summed E-state index contributed by atoms with van der Waals surface area (Å²) in [6.07, 6.45) is 1.94. The first-order valence-electron chi connectivity index (χ1n) is 5.32. The zero-order valence-electron chi connectivity index (χ0n) is 8.57. The highest BCUT2D eigenvalue weighted by atomic mass is 16.5. The smallest absolute Gasteiger partial charge is 0.225 e. The minimum atomic E-state index is 0.776. The largest absolute Gasteiger partial charge is 0.378 e. The number of nitrogens with one attached hydrogen (secondary N) is 1. The third-order valence-electron chi connectivity index (χ3n) is 2.84. The first kappa shape index (κ1) is 9.06. The van der Waals surface area contributed by atoms with E-state index in [0.29, 0.717) is 0 Å². The fraction of sp³-hybridized carbons (Fsp3) is 0.600. The van der Waals surface area contributed by atoms with Crippen molar-refractivity contribution in [3.8, 4) is 0 Å². The Bertz CT molecular complexity index is 362. The molecule has 5 heteroatoms. The number of morpholine rings is 1. The molecule has 5 nitrogen and oxygen atoms in total. The van der Waals surface area contributed by atoms with Crippen LogP contribution in [0.5, 0.6) is 0 Å². The summed E-state index contributed by atoms with van der Waals surface area (Å²) < 4.78 is 5.30. The van der Waals surface area contributed by atoms with Crippen molar-refractivity contribution in [3.05, 3.63) is 17.5 Å². The van der Waals surface area contributed by atoms with E-state index in [0.717, 1.165) is 51.0 Å². The summed E-state index contributed by atoms with van der Waals surface area (Å²) in [6, 6.07) is 0. The molecule has 1 aromatic heterocycles. The van der Waals surface area contributed by atoms with Crippen molar-refractivity contribution in [3.63, 3.8) is 0 Å². The van der Waals surface area contributed by atoms with Crippen LogP contribution >= 0.6 is 0 Å². The van der Waals surface area contributed by atoms with Gasteiger partial charge in [-0.05, 0) is 0 Å². The standard InChI is InChI=1S/C10H14N4O/c1-3-15-4-2-14(1)10-12-6-8-5-11-7-9(8)13-10/h6,11H,1-5,7H2. The van der Waals surface area contributed by atoms with E-state index >= 15 is 0 Å². The van der Waals surface area contributed by atoms with Gasteiger partial charge in [0.1, 0.15) is 0 Å². The van der Waals surface area contributed by atoms with Crippen LogP contribution in [0.2, 0.25) is 0 Å². The van der Waals surface area contributed by atoms with Crippen molar-refractivity contribution < 1.29 is 4.74 Å². The number of aromatic nitrogens is 2. The predicted octanol–water partition coefficient (Wildman–Crippen LogP) is -0.0836. The Hall–Kier alpha value is -1.20. The van der Waals surface area contributed by atoms with Gasteiger partial charge in [0.05, 0.1) is 18.9 Å². The van der Waals surface area contributed by atoms with Crippen LogP contribution in [0.4, 0.5) is 5.95 Å². The molecule has 0 saturated carbocycles. The fourth-order valence-electron chi connectivity index (χ4n) is 1.96. The van der Waals surface area contributed by atoms with E-state index in [1.54, 1.807) is 0 Å². The van der Waals surface area contributed by atoms with Crippen LogP contribution in [0.25, 0.3) is 0 Å². The highest BCUT2D eigenvalue weighted by Crippen LogP contribution is 2.16. The van der Waals surface area contributed by atoms with Gasteiger partial charge in [0, 0.05) is 37.9 Å². The van der Waals surface area contributed by atoms with Gasteiger partial charge in [-0.15, -0.1) is 0 Å². The lowest BCUT2D eigenvalue weighted by Gasteiger charge is -2.26. The number of fused-ring (bicyclic) bond motifs is 1. The highest BCUT2D eigenvalue weighted by Gasteiger charge is 2.17. The molecular formula is C10H14N4O. The quantitative estimate of drug-likeness (QED) is 0.696. The lowest BCUT2D eigenvalue weighted by Crippen LogP contribution is -2.37. The van der Waals surface area contributed by atoms with Gasteiger partial charge in [-0.2, -0.15) is 0 Å². The lowest BCUT2D eigenvalue weighted by molar-refractivity contribution is 0.122. The molecule has 0 aromatic carbocycles. The first-order valence-corrected chi connectivity index (χ1v) is 5.32. The summed E-state index contributed by atoms with van der Waals surface area (Å²) in [5.41, 5.74) is 2.37. The molecule has 1 fully saturated rings. The molecule has 2 aliphatic rings. The molecule has 0 atom stereocenters. The Morgan fingerprint density at radius 3 is 3.00 bits per heavy atom. The van der Waals surface area contributed by atoms with Crippen molar-refractivity contribution in [1.29, 1.82) is 0 Å². The maximum Gasteiger partial charge on any atom is 0.225 e. The minimum Gasteiger partial charge on any atom is -0.378 e. The maximum atomic E-state index is 5.30. The molecule has 15 heavy (non-hydrogen) atoms. The van der Waals surface area contributed by atoms with Gasteiger partial charge < -0.3 is 15.0 Å². The van der Waals surface area contributed by atoms with E-state index in [1.165, 1.54) is 5.56 Å². The van der Waals surface area contributed by atoms with E-state index in [9.17, 15) is 0 Å². The Morgan fingerprint density at radius 1 is 1.27 bits per heavy atom. The molecule has 0 spiro atoms. The van der Waals surface area contributed by atoms with Gasteiger partial charge in [0.15, 0.2) is 0 Å². The Kier molecular flexibility index (Phi) is 2.26. The Labute approximate surface area is 88.5 Å². The molecule has 2 aliphatic heterocycles. The first-order chi connectivity index (χ1) is 7.43. The second-order valence-electron chi connectivity index (χ2n) is 3.84. The molecule has 0 unspecified atom stereocenters. The second kappa shape index (κ2) is 3.75. The number of nitrogens with zero attached hydrogens (tertiary/aromatic N) is 3. The topological polar surface area (TPSA) is 50.3 Å². The zero-order chi connectivity index (χ0) is 10.1. The van der Waals surface area contributed by atoms with Crippen molar-refractivity contribution >= 4 is 5.95 Å². The molecule has 0 amide bonds. The maximum absolute atomic E-state index is 5.30. The van der Waals surface area contributed by atoms with Gasteiger partial charge in [0.25, 0.3) is 0 Å². The highest BCUT2D eigenvalue weighted by molar-refractivity contribution is 5.34. The predicted molar refractivity (Wildman–Crippen MR) is 55.6 cm³/mol. The van der Waals surface area contributed by atoms with Crippen LogP contribution in [0, 0.1) is 0 Å². The fourth-order valence-corrected chi connectivity index (χ4v) is 1.96. The summed E-state index contributed by atoms with van der Waals surface area (Å²) in [5, 5.41) is 3.27. The molecule has 3 rings (SSSR count). The SMILES string of the molecule is c1nc(N2CCOCC2)nc2c1CNC2. The van der Waals surface area contributed by atoms with Gasteiger partial charge in [0.2, 0.25) is 5.95 Å². The number of ether oxygens (including phenoxy) is 1. The number of hydrogen-bond donors (Lipinski definition) is 1. The van der Waals surface area contributed by atoms with Crippen molar-refractivity contribution in [2.45, 2.75) is 13.1 Å². The molecule has 3 heterocycles. The molecule has 80 valence electrons. The summed E-state index contributed by atoms with van der Waals surface area (Å²) >= 11 is 0. The second-order valence-corrected chi connectivity index (χ2v) is 3.84. The van der Waals surface area contributed by atoms with Crippen LogP contribution in [0.15, 0.2) is 6.20 Å². The summed E-state index contributed by atoms with van der Waals surface area (Å²) in [6.45, 7) is 5.11. The summed E-state index contributed by atoms with van der Waals surface area (Å²) in [7, 11) is 0. The third kappa shape index (κ3) is 1.68. The minimum absolute atomic E-state index is 0.776. The van der Waals surface area contributed by atoms with Crippen molar-refractivity contribution in [2.24, 2.45) is 0 Å². The van der Waals surface area contributed by atoms with E-state index in [-0.39, 0.29) is 0 Å². The van der Waals surface area contributed by atoms with Crippen LogP contribution in [0.1, 0.15) is 11.3 Å². The van der Waals surface area contributed by atoms with Gasteiger partial charge >= 0.3 is 0 Å². The average molecular weight is 206 g/mol. The number of rotatable bonds is 1. The molecule has 0 radical (unpaired) electrons. The number of anilines is 1. The van der Waals surface area contributed by atoms with Gasteiger partial charge in [-0.1, -0.05) is 0 Å². The van der Waals surface area contributed by atoms with E-state index in [1.807, 2.05) is 6.20 Å². The Balaban J connectivity index is 1.85. The summed E-state index contributed by atoms with van der Waals surface area (Å²) in [5.74, 6) is 0.848. The van der Waals surface area contributed by atoms with E-state index < -0.39 is 0 Å².